The molecule has 8 heteroatoms. The minimum Gasteiger partial charge on any atom is -0.308 e. The molecule has 5 rings (SSSR count). The standard InChI is InChI=1S/C21H23N5O2S/c1-21(2,3)16-10-17(27)26-11-13(12-29-20(26)23-16)18(28)25-9-8-24-15-7-5-4-6-14(15)22-19(24)25/h4-7,10,13H,8-9,11-12H2,1-3H3. The summed E-state index contributed by atoms with van der Waals surface area (Å²) in [6.45, 7) is 7.88. The highest BCUT2D eigenvalue weighted by molar-refractivity contribution is 7.99. The molecule has 2 aliphatic heterocycles. The van der Waals surface area contributed by atoms with E-state index >= 15 is 0 Å². The van der Waals surface area contributed by atoms with E-state index in [1.165, 1.54) is 11.8 Å². The van der Waals surface area contributed by atoms with Gasteiger partial charge in [0.1, 0.15) is 0 Å². The monoisotopic (exact) mass is 409 g/mol. The summed E-state index contributed by atoms with van der Waals surface area (Å²) in [6, 6.07) is 9.55. The molecule has 0 N–H and O–H groups in total. The van der Waals surface area contributed by atoms with Crippen LogP contribution in [0.3, 0.4) is 0 Å². The van der Waals surface area contributed by atoms with Crippen LogP contribution < -0.4 is 10.5 Å². The van der Waals surface area contributed by atoms with Gasteiger partial charge in [-0.15, -0.1) is 0 Å². The van der Waals surface area contributed by atoms with Crippen LogP contribution in [0.25, 0.3) is 11.0 Å². The fraction of sp³-hybridized carbons (Fsp3) is 0.429. The molecule has 29 heavy (non-hydrogen) atoms. The van der Waals surface area contributed by atoms with E-state index in [9.17, 15) is 9.59 Å². The van der Waals surface area contributed by atoms with Gasteiger partial charge < -0.3 is 4.57 Å². The second-order valence-electron chi connectivity index (χ2n) is 8.67. The average molecular weight is 410 g/mol. The Morgan fingerprint density at radius 2 is 1.93 bits per heavy atom. The van der Waals surface area contributed by atoms with Gasteiger partial charge in [-0.05, 0) is 12.1 Å². The Bertz CT molecular complexity index is 1190. The van der Waals surface area contributed by atoms with E-state index in [2.05, 4.69) is 14.5 Å². The van der Waals surface area contributed by atoms with Crippen LogP contribution in [0, 0.1) is 5.92 Å². The Hall–Kier alpha value is -2.61. The maximum absolute atomic E-state index is 13.3. The first-order valence-corrected chi connectivity index (χ1v) is 10.8. The van der Waals surface area contributed by atoms with Crippen LogP contribution in [0.5, 0.6) is 0 Å². The first-order chi connectivity index (χ1) is 13.8. The number of carbonyl (C=O) groups excluding carboxylic acids is 1. The van der Waals surface area contributed by atoms with Gasteiger partial charge in [-0.25, -0.2) is 9.97 Å². The molecule has 2 aromatic heterocycles. The third kappa shape index (κ3) is 2.97. The third-order valence-corrected chi connectivity index (χ3v) is 6.74. The summed E-state index contributed by atoms with van der Waals surface area (Å²) in [7, 11) is 0. The fourth-order valence-corrected chi connectivity index (χ4v) is 5.04. The van der Waals surface area contributed by atoms with Crippen molar-refractivity contribution in [2.45, 2.75) is 44.4 Å². The molecule has 4 heterocycles. The molecule has 0 fully saturated rings. The minimum absolute atomic E-state index is 0.0315. The minimum atomic E-state index is -0.265. The number of thioether (sulfide) groups is 1. The highest BCUT2D eigenvalue weighted by Crippen LogP contribution is 2.32. The Morgan fingerprint density at radius 1 is 1.14 bits per heavy atom. The molecule has 2 aliphatic rings. The second kappa shape index (κ2) is 6.45. The lowest BCUT2D eigenvalue weighted by atomic mass is 9.92. The molecule has 3 aromatic rings. The molecule has 0 spiro atoms. The normalized spacial score (nSPS) is 18.7. The van der Waals surface area contributed by atoms with Gasteiger partial charge in [0.05, 0.1) is 22.6 Å². The van der Waals surface area contributed by atoms with E-state index in [4.69, 9.17) is 0 Å². The topological polar surface area (TPSA) is 73.0 Å². The molecule has 0 aliphatic carbocycles. The Labute approximate surface area is 172 Å². The van der Waals surface area contributed by atoms with E-state index in [1.807, 2.05) is 45.0 Å². The van der Waals surface area contributed by atoms with Crippen molar-refractivity contribution in [2.75, 3.05) is 17.2 Å². The molecular weight excluding hydrogens is 386 g/mol. The van der Waals surface area contributed by atoms with Crippen molar-refractivity contribution in [1.82, 2.24) is 19.1 Å². The number of hydrogen-bond acceptors (Lipinski definition) is 5. The molecule has 0 saturated heterocycles. The molecule has 0 saturated carbocycles. The van der Waals surface area contributed by atoms with Crippen LogP contribution in [-0.2, 0) is 23.3 Å². The summed E-state index contributed by atoms with van der Waals surface area (Å²) in [5.74, 6) is 1.10. The number of anilines is 1. The first-order valence-electron chi connectivity index (χ1n) is 9.85. The summed E-state index contributed by atoms with van der Waals surface area (Å²) >= 11 is 1.49. The number of imidazole rings is 1. The van der Waals surface area contributed by atoms with Crippen LogP contribution >= 0.6 is 11.8 Å². The highest BCUT2D eigenvalue weighted by Gasteiger charge is 2.35. The van der Waals surface area contributed by atoms with E-state index in [0.29, 0.717) is 29.9 Å². The first kappa shape index (κ1) is 18.4. The molecule has 7 nitrogen and oxygen atoms in total. The van der Waals surface area contributed by atoms with Gasteiger partial charge in [0, 0.05) is 36.9 Å². The second-order valence-corrected chi connectivity index (χ2v) is 9.66. The smallest absolute Gasteiger partial charge is 0.254 e. The van der Waals surface area contributed by atoms with Crippen molar-refractivity contribution in [3.63, 3.8) is 0 Å². The van der Waals surface area contributed by atoms with Crippen molar-refractivity contribution in [3.05, 3.63) is 46.4 Å². The Morgan fingerprint density at radius 3 is 2.72 bits per heavy atom. The molecular formula is C21H23N5O2S. The Kier molecular flexibility index (Phi) is 4.10. The number of fused-ring (bicyclic) bond motifs is 4. The lowest BCUT2D eigenvalue weighted by Crippen LogP contribution is -2.42. The number of amides is 1. The number of carbonyl (C=O) groups is 1. The van der Waals surface area contributed by atoms with Crippen LogP contribution in [0.1, 0.15) is 26.5 Å². The SMILES string of the molecule is CC(C)(C)c1cc(=O)n2c(n1)SCC(C(=O)N1CCn3c1nc1ccccc13)C2. The molecule has 1 atom stereocenters. The number of para-hydroxylation sites is 2. The van der Waals surface area contributed by atoms with E-state index in [-0.39, 0.29) is 22.8 Å². The molecule has 1 aromatic carbocycles. The molecule has 150 valence electrons. The summed E-state index contributed by atoms with van der Waals surface area (Å²) in [5, 5.41) is 0.708. The van der Waals surface area contributed by atoms with Gasteiger partial charge in [-0.1, -0.05) is 44.7 Å². The van der Waals surface area contributed by atoms with Crippen LogP contribution in [0.15, 0.2) is 40.3 Å². The maximum Gasteiger partial charge on any atom is 0.254 e. The summed E-state index contributed by atoms with van der Waals surface area (Å²) in [6.07, 6.45) is 0. The molecule has 1 unspecified atom stereocenters. The quantitative estimate of drug-likeness (QED) is 0.578. The number of aromatic nitrogens is 4. The number of nitrogens with zero attached hydrogens (tertiary/aromatic N) is 5. The van der Waals surface area contributed by atoms with Gasteiger partial charge in [0.15, 0.2) is 5.16 Å². The highest BCUT2D eigenvalue weighted by atomic mass is 32.2. The number of hydrogen-bond donors (Lipinski definition) is 0. The number of rotatable bonds is 1. The van der Waals surface area contributed by atoms with Gasteiger partial charge in [-0.2, -0.15) is 0 Å². The molecule has 0 radical (unpaired) electrons. The van der Waals surface area contributed by atoms with E-state index in [1.54, 1.807) is 15.5 Å². The van der Waals surface area contributed by atoms with Crippen molar-refractivity contribution >= 4 is 34.7 Å². The number of benzene rings is 1. The predicted molar refractivity (Wildman–Crippen MR) is 113 cm³/mol. The molecule has 1 amide bonds. The summed E-state index contributed by atoms with van der Waals surface area (Å²) < 4.78 is 3.74. The van der Waals surface area contributed by atoms with Crippen molar-refractivity contribution in [2.24, 2.45) is 5.92 Å². The van der Waals surface area contributed by atoms with Crippen molar-refractivity contribution in [1.29, 1.82) is 0 Å². The Balaban J connectivity index is 1.43. The van der Waals surface area contributed by atoms with Gasteiger partial charge in [0.2, 0.25) is 11.9 Å². The van der Waals surface area contributed by atoms with Crippen LogP contribution in [0.2, 0.25) is 0 Å². The fourth-order valence-electron chi connectivity index (χ4n) is 3.96. The summed E-state index contributed by atoms with van der Waals surface area (Å²) in [4.78, 5) is 37.1. The third-order valence-electron chi connectivity index (χ3n) is 5.60. The van der Waals surface area contributed by atoms with Crippen molar-refractivity contribution in [3.8, 4) is 0 Å². The van der Waals surface area contributed by atoms with E-state index < -0.39 is 0 Å². The predicted octanol–water partition coefficient (Wildman–Crippen LogP) is 2.66. The average Bonchev–Trinajstić information content (AvgIpc) is 3.25. The molecule has 0 bridgehead atoms. The van der Waals surface area contributed by atoms with Crippen LogP contribution in [0.4, 0.5) is 5.95 Å². The zero-order valence-corrected chi connectivity index (χ0v) is 17.6. The lowest BCUT2D eigenvalue weighted by Gasteiger charge is -2.28. The zero-order valence-electron chi connectivity index (χ0n) is 16.8. The lowest BCUT2D eigenvalue weighted by molar-refractivity contribution is -0.122. The zero-order chi connectivity index (χ0) is 20.3. The van der Waals surface area contributed by atoms with E-state index in [0.717, 1.165) is 23.3 Å². The van der Waals surface area contributed by atoms with Gasteiger partial charge in [0.25, 0.3) is 5.56 Å². The van der Waals surface area contributed by atoms with Gasteiger partial charge in [-0.3, -0.25) is 19.1 Å². The van der Waals surface area contributed by atoms with Gasteiger partial charge >= 0.3 is 0 Å². The largest absolute Gasteiger partial charge is 0.308 e. The van der Waals surface area contributed by atoms with Crippen molar-refractivity contribution < 1.29 is 4.79 Å². The van der Waals surface area contributed by atoms with Crippen LogP contribution in [-0.4, -0.2) is 37.3 Å². The maximum atomic E-state index is 13.3. The summed E-state index contributed by atoms with van der Waals surface area (Å²) in [5.41, 5.74) is 2.48.